The molecule has 0 N–H and O–H groups in total. The molecule has 0 saturated carbocycles. The van der Waals surface area contributed by atoms with E-state index in [0.29, 0.717) is 0 Å². The first-order chi connectivity index (χ1) is 5.65. The van der Waals surface area contributed by atoms with Crippen LogP contribution >= 0.6 is 8.25 Å². The van der Waals surface area contributed by atoms with Crippen LogP contribution in [0.3, 0.4) is 0 Å². The van der Waals surface area contributed by atoms with Gasteiger partial charge in [0.25, 0.3) is 8.25 Å². The third kappa shape index (κ3) is 42.6. The van der Waals surface area contributed by atoms with Crippen molar-refractivity contribution < 1.29 is 55.2 Å². The number of unbranched alkanes of at least 4 members (excludes halogenated alkanes) is 5. The van der Waals surface area contributed by atoms with Gasteiger partial charge in [-0.25, -0.2) is 0 Å². The minimum atomic E-state index is -3.37. The fourth-order valence-electron chi connectivity index (χ4n) is 0.775. The molecule has 0 aromatic carbocycles. The fraction of sp³-hybridized carbons (Fsp3) is 0.875. The van der Waals surface area contributed by atoms with Gasteiger partial charge in [-0.05, 0) is 0 Å². The minimum absolute atomic E-state index is 0. The van der Waals surface area contributed by atoms with Gasteiger partial charge in [0.05, 0.1) is 0 Å². The van der Waals surface area contributed by atoms with E-state index in [1.165, 1.54) is 32.1 Å². The third-order valence-corrected chi connectivity index (χ3v) is 1.35. The average molecular weight is 336 g/mol. The molecule has 5 heteroatoms. The Bertz CT molecular complexity index is 91.4. The number of rotatable bonds is 5. The van der Waals surface area contributed by atoms with Crippen LogP contribution in [0, 0.1) is 47.3 Å². The molecule has 0 amide bonds. The van der Waals surface area contributed by atoms with Crippen molar-refractivity contribution in [3.63, 3.8) is 0 Å². The Balaban J connectivity index is -0.000000173. The van der Waals surface area contributed by atoms with Gasteiger partial charge < -0.3 is 16.2 Å². The first-order valence-corrected chi connectivity index (χ1v) is 5.34. The SMILES string of the molecule is C[CH-]CCCCCC.O=[P+]([O-])[O-].[Nd+3]. The van der Waals surface area contributed by atoms with Gasteiger partial charge in [0, 0.05) is 0 Å². The van der Waals surface area contributed by atoms with Gasteiger partial charge in [0.1, 0.15) is 0 Å². The summed E-state index contributed by atoms with van der Waals surface area (Å²) in [6.07, 6.45) is 9.12. The molecule has 0 aliphatic heterocycles. The molecule has 0 saturated heterocycles. The van der Waals surface area contributed by atoms with Crippen molar-refractivity contribution in [3.05, 3.63) is 6.42 Å². The zero-order chi connectivity index (χ0) is 9.82. The second kappa shape index (κ2) is 19.0. The van der Waals surface area contributed by atoms with Gasteiger partial charge in [-0.15, -0.1) is 0 Å². The molecule has 0 rings (SSSR count). The van der Waals surface area contributed by atoms with Crippen molar-refractivity contribution in [2.24, 2.45) is 0 Å². The van der Waals surface area contributed by atoms with E-state index in [1.807, 2.05) is 0 Å². The summed E-state index contributed by atoms with van der Waals surface area (Å²) in [7, 11) is -3.37. The Kier molecular flexibility index (Phi) is 29.1. The van der Waals surface area contributed by atoms with E-state index in [4.69, 9.17) is 14.4 Å². The summed E-state index contributed by atoms with van der Waals surface area (Å²) < 4.78 is 8.48. The molecular formula is C8H17NdO3P+. The molecule has 75 valence electrons. The van der Waals surface area contributed by atoms with Gasteiger partial charge in [-0.3, -0.25) is 0 Å². The van der Waals surface area contributed by atoms with E-state index in [0.717, 1.165) is 0 Å². The first kappa shape index (κ1) is 19.9. The van der Waals surface area contributed by atoms with Crippen LogP contribution in [0.2, 0.25) is 0 Å². The standard InChI is InChI=1S/C8H17.Nd.HO3P/c1-3-5-7-8-6-4-2;;1-4(2)3/h3H,4-8H2,1-2H3;;(H,1,2,3)/q-1;+3;/p-1. The molecule has 0 atom stereocenters. The maximum Gasteiger partial charge on any atom is 3.00 e. The third-order valence-electron chi connectivity index (χ3n) is 1.35. The van der Waals surface area contributed by atoms with Crippen molar-refractivity contribution in [2.45, 2.75) is 46.0 Å². The average Bonchev–Trinajstić information content (AvgIpc) is 1.97. The van der Waals surface area contributed by atoms with Crippen molar-refractivity contribution in [1.82, 2.24) is 0 Å². The summed E-state index contributed by atoms with van der Waals surface area (Å²) in [4.78, 5) is 17.0. The molecule has 3 nitrogen and oxygen atoms in total. The van der Waals surface area contributed by atoms with Crippen LogP contribution < -0.4 is 9.79 Å². The molecule has 0 spiro atoms. The van der Waals surface area contributed by atoms with Crippen LogP contribution in [0.4, 0.5) is 0 Å². The van der Waals surface area contributed by atoms with Crippen LogP contribution in [-0.2, 0) is 4.57 Å². The van der Waals surface area contributed by atoms with E-state index in [2.05, 4.69) is 20.3 Å². The Labute approximate surface area is 115 Å². The maximum absolute atomic E-state index is 8.48. The Morgan fingerprint density at radius 2 is 1.69 bits per heavy atom. The van der Waals surface area contributed by atoms with Gasteiger partial charge >= 0.3 is 40.8 Å². The fourth-order valence-corrected chi connectivity index (χ4v) is 0.775. The van der Waals surface area contributed by atoms with Crippen LogP contribution in [0.5, 0.6) is 0 Å². The van der Waals surface area contributed by atoms with Crippen LogP contribution in [0.25, 0.3) is 0 Å². The van der Waals surface area contributed by atoms with E-state index in [-0.39, 0.29) is 40.8 Å². The van der Waals surface area contributed by atoms with E-state index in [1.54, 1.807) is 0 Å². The predicted molar refractivity (Wildman–Crippen MR) is 46.3 cm³/mol. The molecule has 0 aromatic heterocycles. The molecule has 13 heavy (non-hydrogen) atoms. The molecule has 0 fully saturated rings. The molecule has 0 aromatic rings. The normalized spacial score (nSPS) is 8.00. The van der Waals surface area contributed by atoms with Gasteiger partial charge in [-0.2, -0.15) is 13.3 Å². The van der Waals surface area contributed by atoms with Crippen molar-refractivity contribution in [1.29, 1.82) is 0 Å². The second-order valence-corrected chi connectivity index (χ2v) is 2.93. The monoisotopic (exact) mass is 334 g/mol. The van der Waals surface area contributed by atoms with Crippen molar-refractivity contribution >= 4 is 8.25 Å². The summed E-state index contributed by atoms with van der Waals surface area (Å²) in [6.45, 7) is 4.38. The first-order valence-electron chi connectivity index (χ1n) is 4.24. The molecule has 0 heterocycles. The van der Waals surface area contributed by atoms with Crippen LogP contribution in [0.15, 0.2) is 0 Å². The Morgan fingerprint density at radius 1 is 1.23 bits per heavy atom. The largest absolute Gasteiger partial charge is 3.00 e. The summed E-state index contributed by atoms with van der Waals surface area (Å²) in [5, 5.41) is 0. The zero-order valence-electron chi connectivity index (χ0n) is 8.28. The number of hydrogen-bond donors (Lipinski definition) is 0. The van der Waals surface area contributed by atoms with Crippen LogP contribution in [-0.4, -0.2) is 0 Å². The molecule has 0 unspecified atom stereocenters. The van der Waals surface area contributed by atoms with Crippen molar-refractivity contribution in [3.8, 4) is 0 Å². The Morgan fingerprint density at radius 3 is 2.00 bits per heavy atom. The van der Waals surface area contributed by atoms with Crippen molar-refractivity contribution in [2.75, 3.05) is 0 Å². The Hall–Kier alpha value is 1.37. The molecule has 0 bridgehead atoms. The summed E-state index contributed by atoms with van der Waals surface area (Å²) in [5.74, 6) is 0. The molecule has 1 radical (unpaired) electrons. The van der Waals surface area contributed by atoms with E-state index in [9.17, 15) is 0 Å². The minimum Gasteiger partial charge on any atom is -0.598 e. The predicted octanol–water partition coefficient (Wildman–Crippen LogP) is 1.55. The second-order valence-electron chi connectivity index (χ2n) is 2.48. The summed E-state index contributed by atoms with van der Waals surface area (Å²) in [5.41, 5.74) is 0. The van der Waals surface area contributed by atoms with E-state index >= 15 is 0 Å². The van der Waals surface area contributed by atoms with Gasteiger partial charge in [-0.1, -0.05) is 37.2 Å². The number of hydrogen-bond acceptors (Lipinski definition) is 3. The van der Waals surface area contributed by atoms with E-state index < -0.39 is 8.25 Å². The van der Waals surface area contributed by atoms with Crippen LogP contribution in [0.1, 0.15) is 46.0 Å². The summed E-state index contributed by atoms with van der Waals surface area (Å²) >= 11 is 0. The zero-order valence-corrected chi connectivity index (χ0v) is 12.4. The smallest absolute Gasteiger partial charge is 0.598 e. The van der Waals surface area contributed by atoms with Gasteiger partial charge in [0.15, 0.2) is 0 Å². The quantitative estimate of drug-likeness (QED) is 0.435. The molecule has 0 aliphatic rings. The molecular weight excluding hydrogens is 319 g/mol. The maximum atomic E-state index is 8.48. The molecule has 0 aliphatic carbocycles. The topological polar surface area (TPSA) is 63.2 Å². The van der Waals surface area contributed by atoms with Gasteiger partial charge in [0.2, 0.25) is 0 Å². The summed E-state index contributed by atoms with van der Waals surface area (Å²) in [6, 6.07) is 0.